The summed E-state index contributed by atoms with van der Waals surface area (Å²) < 4.78 is 36.6. The number of fused-ring (bicyclic) bond motifs is 3. The third kappa shape index (κ3) is 7.86. The predicted octanol–water partition coefficient (Wildman–Crippen LogP) is 2.95. The van der Waals surface area contributed by atoms with Crippen LogP contribution in [-0.2, 0) is 46.4 Å². The number of rotatable bonds is 4. The Morgan fingerprint density at radius 3 is 2.68 bits per heavy atom. The molecule has 1 saturated heterocycles. The van der Waals surface area contributed by atoms with E-state index in [1.807, 2.05) is 12.2 Å². The number of nitrogens with one attached hydrogen (secondary N) is 2. The summed E-state index contributed by atoms with van der Waals surface area (Å²) in [6, 6.07) is 2.38. The van der Waals surface area contributed by atoms with Crippen LogP contribution in [0.25, 0.3) is 0 Å². The van der Waals surface area contributed by atoms with Gasteiger partial charge in [0.2, 0.25) is 11.8 Å². The van der Waals surface area contributed by atoms with Gasteiger partial charge in [-0.2, -0.15) is 0 Å². The third-order valence-corrected chi connectivity index (χ3v) is 8.64. The van der Waals surface area contributed by atoms with Crippen molar-refractivity contribution >= 4 is 30.0 Å². The van der Waals surface area contributed by atoms with Gasteiger partial charge in [-0.15, -0.1) is 0 Å². The number of carbonyl (C=O) groups is 5. The highest BCUT2D eigenvalue weighted by Gasteiger charge is 2.62. The van der Waals surface area contributed by atoms with Gasteiger partial charge >= 0.3 is 18.2 Å². The van der Waals surface area contributed by atoms with Crippen molar-refractivity contribution in [1.29, 1.82) is 0 Å². The van der Waals surface area contributed by atoms with Gasteiger partial charge in [0.05, 0.1) is 26.3 Å². The van der Waals surface area contributed by atoms with Gasteiger partial charge in [0.15, 0.2) is 0 Å². The van der Waals surface area contributed by atoms with Crippen LogP contribution in [0.15, 0.2) is 30.4 Å². The van der Waals surface area contributed by atoms with E-state index in [2.05, 4.69) is 10.6 Å². The smallest absolute Gasteiger partial charge is 0.410 e. The first-order chi connectivity index (χ1) is 22.3. The molecule has 1 aliphatic carbocycles. The second kappa shape index (κ2) is 13.9. The van der Waals surface area contributed by atoms with Crippen LogP contribution in [0.4, 0.5) is 14.0 Å². The van der Waals surface area contributed by atoms with E-state index in [0.29, 0.717) is 30.6 Å². The van der Waals surface area contributed by atoms with Crippen LogP contribution in [0.1, 0.15) is 64.5 Å². The minimum Gasteiger partial charge on any atom is -0.464 e. The van der Waals surface area contributed by atoms with Gasteiger partial charge in [-0.3, -0.25) is 14.5 Å². The van der Waals surface area contributed by atoms with Crippen LogP contribution in [0, 0.1) is 11.7 Å². The van der Waals surface area contributed by atoms with E-state index in [9.17, 15) is 28.4 Å². The summed E-state index contributed by atoms with van der Waals surface area (Å²) in [5.41, 5.74) is -1.04. The number of halogens is 1. The Morgan fingerprint density at radius 1 is 1.17 bits per heavy atom. The predicted molar refractivity (Wildman–Crippen MR) is 164 cm³/mol. The molecule has 1 aromatic carbocycles. The molecule has 3 aliphatic heterocycles. The maximum atomic E-state index is 14.3. The standard InChI is InChI=1S/C33H43FN4O9/c1-5-45-29(41)33-16-21(33)10-6-7-13-44-14-12-25(35-30(42)47-32(2,3)4)28(40)38-18-22(15-26(38)27(39)36-33)46-31(43)37-17-20-9-8-11-24(34)23(20)19-37/h6,8-11,21-22,25-26H,5,7,12-19H2,1-4H3,(H,35,42)(H,36,39)/b10-6-/t21-,22-,25+,26-,33-/m1/s1. The molecule has 5 rings (SSSR count). The Balaban J connectivity index is 1.38. The summed E-state index contributed by atoms with van der Waals surface area (Å²) in [5, 5.41) is 5.47. The van der Waals surface area contributed by atoms with E-state index in [4.69, 9.17) is 18.9 Å². The van der Waals surface area contributed by atoms with Crippen molar-refractivity contribution in [2.75, 3.05) is 26.4 Å². The van der Waals surface area contributed by atoms with Crippen LogP contribution < -0.4 is 10.6 Å². The average molecular weight is 659 g/mol. The van der Waals surface area contributed by atoms with Gasteiger partial charge in [0.25, 0.3) is 0 Å². The van der Waals surface area contributed by atoms with Gasteiger partial charge in [0, 0.05) is 37.5 Å². The van der Waals surface area contributed by atoms with Gasteiger partial charge in [-0.05, 0) is 52.2 Å². The largest absolute Gasteiger partial charge is 0.464 e. The number of hydrogen-bond acceptors (Lipinski definition) is 9. The molecule has 1 aromatic rings. The maximum absolute atomic E-state index is 14.3. The lowest BCUT2D eigenvalue weighted by Crippen LogP contribution is -2.57. The van der Waals surface area contributed by atoms with E-state index in [1.165, 1.54) is 15.9 Å². The topological polar surface area (TPSA) is 153 Å². The molecule has 47 heavy (non-hydrogen) atoms. The van der Waals surface area contributed by atoms with Crippen LogP contribution in [-0.4, -0.2) is 95.5 Å². The lowest BCUT2D eigenvalue weighted by molar-refractivity contribution is -0.150. The minimum absolute atomic E-state index is 0.0268. The lowest BCUT2D eigenvalue weighted by Gasteiger charge is -2.30. The quantitative estimate of drug-likeness (QED) is 0.283. The number of nitrogens with zero attached hydrogens (tertiary/aromatic N) is 2. The van der Waals surface area contributed by atoms with Crippen LogP contribution in [0.5, 0.6) is 0 Å². The number of ether oxygens (including phenoxy) is 4. The zero-order chi connectivity index (χ0) is 33.9. The van der Waals surface area contributed by atoms with E-state index < -0.39 is 65.1 Å². The molecule has 2 fully saturated rings. The second-order valence-corrected chi connectivity index (χ2v) is 13.3. The van der Waals surface area contributed by atoms with Crippen LogP contribution in [0.2, 0.25) is 0 Å². The number of amides is 4. The van der Waals surface area contributed by atoms with Crippen molar-refractivity contribution in [3.63, 3.8) is 0 Å². The molecule has 14 heteroatoms. The molecule has 0 spiro atoms. The Kier molecular flexibility index (Phi) is 10.1. The first-order valence-corrected chi connectivity index (χ1v) is 16.1. The summed E-state index contributed by atoms with van der Waals surface area (Å²) in [5.74, 6) is -2.51. The molecule has 3 heterocycles. The molecule has 0 aromatic heterocycles. The van der Waals surface area contributed by atoms with Crippen molar-refractivity contribution in [2.45, 2.75) is 95.8 Å². The van der Waals surface area contributed by atoms with Gasteiger partial charge in [-0.1, -0.05) is 24.3 Å². The van der Waals surface area contributed by atoms with E-state index in [1.54, 1.807) is 39.8 Å². The summed E-state index contributed by atoms with van der Waals surface area (Å²) in [7, 11) is 0. The van der Waals surface area contributed by atoms with Crippen LogP contribution in [0.3, 0.4) is 0 Å². The molecular weight excluding hydrogens is 615 g/mol. The maximum Gasteiger partial charge on any atom is 0.410 e. The van der Waals surface area contributed by atoms with Crippen molar-refractivity contribution in [3.8, 4) is 0 Å². The highest BCUT2D eigenvalue weighted by atomic mass is 19.1. The zero-order valence-corrected chi connectivity index (χ0v) is 27.2. The van der Waals surface area contributed by atoms with Gasteiger partial charge < -0.3 is 34.5 Å². The first-order valence-electron chi connectivity index (χ1n) is 16.1. The number of hydrogen-bond donors (Lipinski definition) is 2. The summed E-state index contributed by atoms with van der Waals surface area (Å²) in [4.78, 5) is 69.8. The Bertz CT molecular complexity index is 1430. The first kappa shape index (κ1) is 34.1. The van der Waals surface area contributed by atoms with Gasteiger partial charge in [0.1, 0.15) is 35.1 Å². The van der Waals surface area contributed by atoms with E-state index in [-0.39, 0.29) is 51.6 Å². The highest BCUT2D eigenvalue weighted by molar-refractivity contribution is 5.96. The number of alkyl carbamates (subject to hydrolysis) is 1. The average Bonchev–Trinajstić information content (AvgIpc) is 3.31. The molecule has 2 N–H and O–H groups in total. The molecule has 13 nitrogen and oxygen atoms in total. The number of esters is 1. The fourth-order valence-corrected chi connectivity index (χ4v) is 6.24. The monoisotopic (exact) mass is 658 g/mol. The summed E-state index contributed by atoms with van der Waals surface area (Å²) in [6.07, 6.45) is 2.18. The fraction of sp³-hybridized carbons (Fsp3) is 0.606. The molecular formula is C33H43FN4O9. The van der Waals surface area contributed by atoms with E-state index in [0.717, 1.165) is 0 Å². The summed E-state index contributed by atoms with van der Waals surface area (Å²) in [6.45, 7) is 7.38. The molecule has 0 bridgehead atoms. The number of carbonyl (C=O) groups excluding carboxylic acids is 5. The third-order valence-electron chi connectivity index (χ3n) is 8.64. The Morgan fingerprint density at radius 2 is 1.96 bits per heavy atom. The fourth-order valence-electron chi connectivity index (χ4n) is 6.24. The molecule has 256 valence electrons. The van der Waals surface area contributed by atoms with Crippen molar-refractivity contribution in [3.05, 3.63) is 47.3 Å². The molecule has 1 saturated carbocycles. The number of benzene rings is 1. The molecule has 0 radical (unpaired) electrons. The van der Waals surface area contributed by atoms with Gasteiger partial charge in [-0.25, -0.2) is 18.8 Å². The van der Waals surface area contributed by atoms with Crippen LogP contribution >= 0.6 is 0 Å². The Hall–Kier alpha value is -4.20. The molecule has 5 atom stereocenters. The second-order valence-electron chi connectivity index (χ2n) is 13.3. The molecule has 4 aliphatic rings. The van der Waals surface area contributed by atoms with Crippen molar-refractivity contribution in [2.24, 2.45) is 5.92 Å². The SMILES string of the molecule is CCOC(=O)[C@@]12C[C@H]1/C=C\CCOCC[C@H](NC(=O)OC(C)(C)C)C(=O)N1C[C@H](OC(=O)N3Cc4cccc(F)c4C3)C[C@@H]1C(=O)N2. The normalized spacial score (nSPS) is 28.4. The Labute approximate surface area is 273 Å². The lowest BCUT2D eigenvalue weighted by atomic mass is 10.1. The summed E-state index contributed by atoms with van der Waals surface area (Å²) >= 11 is 0. The van der Waals surface area contributed by atoms with Crippen molar-refractivity contribution in [1.82, 2.24) is 20.4 Å². The highest BCUT2D eigenvalue weighted by Crippen LogP contribution is 2.46. The van der Waals surface area contributed by atoms with E-state index >= 15 is 0 Å². The van der Waals surface area contributed by atoms with Crippen molar-refractivity contribution < 1.29 is 47.3 Å². The molecule has 0 unspecified atom stereocenters. The minimum atomic E-state index is -1.30. The zero-order valence-electron chi connectivity index (χ0n) is 27.2. The molecule has 4 amide bonds.